The molecule has 3 rings (SSSR count). The van der Waals surface area contributed by atoms with E-state index in [-0.39, 0.29) is 11.8 Å². The first-order valence-electron chi connectivity index (χ1n) is 8.68. The molecule has 2 heterocycles. The molecule has 126 valence electrons. The Morgan fingerprint density at radius 2 is 2.00 bits per heavy atom. The number of anilines is 1. The largest absolute Gasteiger partial charge is 0.371 e. The average molecular weight is 319 g/mol. The number of hydrogen-bond acceptors (Lipinski definition) is 2. The highest BCUT2D eigenvalue weighted by atomic mass is 19.1. The Morgan fingerprint density at radius 1 is 1.22 bits per heavy atom. The second-order valence-electron chi connectivity index (χ2n) is 6.80. The van der Waals surface area contributed by atoms with Crippen molar-refractivity contribution in [1.29, 1.82) is 0 Å². The standard InChI is InChI=1S/C18H26FN3O/c1-14-4-2-3-10-22(14)18(23)20-12-15-9-11-21(13-15)17-7-5-16(19)6-8-17/h5-8,14-15H,2-4,9-13H2,1H3,(H,20,23). The first kappa shape index (κ1) is 16.1. The molecule has 0 bridgehead atoms. The number of benzene rings is 1. The van der Waals surface area contributed by atoms with Gasteiger partial charge in [0.1, 0.15) is 5.82 Å². The summed E-state index contributed by atoms with van der Waals surface area (Å²) in [5, 5.41) is 3.11. The summed E-state index contributed by atoms with van der Waals surface area (Å²) in [5.41, 5.74) is 1.06. The molecule has 2 amide bonds. The van der Waals surface area contributed by atoms with Crippen molar-refractivity contribution in [3.63, 3.8) is 0 Å². The second kappa shape index (κ2) is 7.20. The Hall–Kier alpha value is -1.78. The second-order valence-corrected chi connectivity index (χ2v) is 6.80. The Balaban J connectivity index is 1.46. The van der Waals surface area contributed by atoms with Gasteiger partial charge in [-0.3, -0.25) is 0 Å². The van der Waals surface area contributed by atoms with E-state index in [2.05, 4.69) is 17.1 Å². The fourth-order valence-electron chi connectivity index (χ4n) is 3.62. The molecule has 2 unspecified atom stereocenters. The van der Waals surface area contributed by atoms with Gasteiger partial charge < -0.3 is 15.1 Å². The predicted octanol–water partition coefficient (Wildman–Crippen LogP) is 3.24. The van der Waals surface area contributed by atoms with E-state index in [9.17, 15) is 9.18 Å². The highest BCUT2D eigenvalue weighted by Gasteiger charge is 2.26. The van der Waals surface area contributed by atoms with Gasteiger partial charge >= 0.3 is 6.03 Å². The molecule has 0 radical (unpaired) electrons. The van der Waals surface area contributed by atoms with Crippen LogP contribution in [-0.2, 0) is 0 Å². The number of carbonyl (C=O) groups is 1. The molecule has 2 aliphatic heterocycles. The molecule has 0 aliphatic carbocycles. The molecular formula is C18H26FN3O. The van der Waals surface area contributed by atoms with E-state index >= 15 is 0 Å². The third-order valence-electron chi connectivity index (χ3n) is 5.08. The molecule has 23 heavy (non-hydrogen) atoms. The van der Waals surface area contributed by atoms with Gasteiger partial charge in [0.15, 0.2) is 0 Å². The maximum atomic E-state index is 13.0. The van der Waals surface area contributed by atoms with Crippen molar-refractivity contribution in [3.8, 4) is 0 Å². The summed E-state index contributed by atoms with van der Waals surface area (Å²) in [5.74, 6) is 0.261. The van der Waals surface area contributed by atoms with Crippen molar-refractivity contribution in [3.05, 3.63) is 30.1 Å². The van der Waals surface area contributed by atoms with Gasteiger partial charge in [0.2, 0.25) is 0 Å². The van der Waals surface area contributed by atoms with E-state index in [1.807, 2.05) is 17.0 Å². The zero-order chi connectivity index (χ0) is 16.2. The summed E-state index contributed by atoms with van der Waals surface area (Å²) in [6.07, 6.45) is 4.50. The molecule has 5 heteroatoms. The Morgan fingerprint density at radius 3 is 2.74 bits per heavy atom. The number of halogens is 1. The van der Waals surface area contributed by atoms with Gasteiger partial charge in [0.05, 0.1) is 0 Å². The third-order valence-corrected chi connectivity index (χ3v) is 5.08. The van der Waals surface area contributed by atoms with Crippen molar-refractivity contribution in [2.24, 2.45) is 5.92 Å². The van der Waals surface area contributed by atoms with Crippen LogP contribution in [0.5, 0.6) is 0 Å². The molecule has 2 fully saturated rings. The van der Waals surface area contributed by atoms with Crippen LogP contribution in [0, 0.1) is 11.7 Å². The summed E-state index contributed by atoms with van der Waals surface area (Å²) in [6.45, 7) is 5.61. The lowest BCUT2D eigenvalue weighted by Crippen LogP contribution is -2.48. The molecular weight excluding hydrogens is 293 g/mol. The molecule has 4 nitrogen and oxygen atoms in total. The summed E-state index contributed by atoms with van der Waals surface area (Å²) < 4.78 is 13.0. The van der Waals surface area contributed by atoms with Gasteiger partial charge in [-0.1, -0.05) is 0 Å². The summed E-state index contributed by atoms with van der Waals surface area (Å²) >= 11 is 0. The molecule has 0 spiro atoms. The molecule has 0 saturated carbocycles. The topological polar surface area (TPSA) is 35.6 Å². The van der Waals surface area contributed by atoms with Gasteiger partial charge in [-0.15, -0.1) is 0 Å². The van der Waals surface area contributed by atoms with Gasteiger partial charge in [0.25, 0.3) is 0 Å². The van der Waals surface area contributed by atoms with Crippen LogP contribution in [0.1, 0.15) is 32.6 Å². The van der Waals surface area contributed by atoms with Crippen molar-refractivity contribution in [2.75, 3.05) is 31.1 Å². The zero-order valence-corrected chi connectivity index (χ0v) is 13.8. The van der Waals surface area contributed by atoms with E-state index in [1.54, 1.807) is 0 Å². The first-order valence-corrected chi connectivity index (χ1v) is 8.68. The summed E-state index contributed by atoms with van der Waals surface area (Å²) in [4.78, 5) is 16.5. The van der Waals surface area contributed by atoms with Crippen LogP contribution < -0.4 is 10.2 Å². The van der Waals surface area contributed by atoms with Gasteiger partial charge in [0, 0.05) is 37.9 Å². The van der Waals surface area contributed by atoms with Crippen molar-refractivity contribution >= 4 is 11.7 Å². The molecule has 1 aromatic carbocycles. The highest BCUT2D eigenvalue weighted by molar-refractivity contribution is 5.74. The number of carbonyl (C=O) groups excluding carboxylic acids is 1. The number of amides is 2. The van der Waals surface area contributed by atoms with Gasteiger partial charge in [-0.05, 0) is 62.8 Å². The third kappa shape index (κ3) is 3.95. The van der Waals surface area contributed by atoms with Gasteiger partial charge in [-0.2, -0.15) is 0 Å². The lowest BCUT2D eigenvalue weighted by Gasteiger charge is -2.33. The average Bonchev–Trinajstić information content (AvgIpc) is 3.03. The SMILES string of the molecule is CC1CCCCN1C(=O)NCC1CCN(c2ccc(F)cc2)C1. The number of hydrogen-bond donors (Lipinski definition) is 1. The summed E-state index contributed by atoms with van der Waals surface area (Å²) in [6, 6.07) is 7.09. The molecule has 1 aromatic rings. The normalized spacial score (nSPS) is 24.8. The van der Waals surface area contributed by atoms with Crippen LogP contribution in [0.15, 0.2) is 24.3 Å². The fraction of sp³-hybridized carbons (Fsp3) is 0.611. The van der Waals surface area contributed by atoms with Crippen molar-refractivity contribution in [1.82, 2.24) is 10.2 Å². The molecule has 2 atom stereocenters. The predicted molar refractivity (Wildman–Crippen MR) is 90.1 cm³/mol. The minimum absolute atomic E-state index is 0.0810. The van der Waals surface area contributed by atoms with Crippen LogP contribution in [0.4, 0.5) is 14.9 Å². The first-order chi connectivity index (χ1) is 11.1. The van der Waals surface area contributed by atoms with Crippen LogP contribution in [0.3, 0.4) is 0 Å². The molecule has 1 N–H and O–H groups in total. The number of urea groups is 1. The Kier molecular flexibility index (Phi) is 5.03. The van der Waals surface area contributed by atoms with Crippen LogP contribution in [-0.4, -0.2) is 43.2 Å². The zero-order valence-electron chi connectivity index (χ0n) is 13.8. The lowest BCUT2D eigenvalue weighted by atomic mass is 10.0. The maximum absolute atomic E-state index is 13.0. The maximum Gasteiger partial charge on any atom is 0.317 e. The monoisotopic (exact) mass is 319 g/mol. The van der Waals surface area contributed by atoms with E-state index in [0.717, 1.165) is 51.1 Å². The van der Waals surface area contributed by atoms with Crippen molar-refractivity contribution in [2.45, 2.75) is 38.6 Å². The fourth-order valence-corrected chi connectivity index (χ4v) is 3.62. The highest BCUT2D eigenvalue weighted by Crippen LogP contribution is 2.24. The minimum Gasteiger partial charge on any atom is -0.371 e. The van der Waals surface area contributed by atoms with Gasteiger partial charge in [-0.25, -0.2) is 9.18 Å². The number of nitrogens with zero attached hydrogens (tertiary/aromatic N) is 2. The van der Waals surface area contributed by atoms with E-state index < -0.39 is 0 Å². The van der Waals surface area contributed by atoms with E-state index in [4.69, 9.17) is 0 Å². The van der Waals surface area contributed by atoms with E-state index in [0.29, 0.717) is 12.0 Å². The summed E-state index contributed by atoms with van der Waals surface area (Å²) in [7, 11) is 0. The minimum atomic E-state index is -0.201. The number of piperidine rings is 1. The lowest BCUT2D eigenvalue weighted by molar-refractivity contribution is 0.157. The van der Waals surface area contributed by atoms with Crippen LogP contribution >= 0.6 is 0 Å². The van der Waals surface area contributed by atoms with Crippen LogP contribution in [0.25, 0.3) is 0 Å². The van der Waals surface area contributed by atoms with E-state index in [1.165, 1.54) is 18.6 Å². The van der Waals surface area contributed by atoms with Crippen molar-refractivity contribution < 1.29 is 9.18 Å². The number of rotatable bonds is 3. The molecule has 0 aromatic heterocycles. The Labute approximate surface area is 137 Å². The molecule has 2 saturated heterocycles. The Bertz CT molecular complexity index is 534. The number of likely N-dealkylation sites (tertiary alicyclic amines) is 1. The quantitative estimate of drug-likeness (QED) is 0.928. The number of nitrogens with one attached hydrogen (secondary N) is 1. The molecule has 2 aliphatic rings. The van der Waals surface area contributed by atoms with Crippen LogP contribution in [0.2, 0.25) is 0 Å². The smallest absolute Gasteiger partial charge is 0.317 e.